The van der Waals surface area contributed by atoms with Gasteiger partial charge in [-0.25, -0.2) is 24.3 Å². The van der Waals surface area contributed by atoms with Crippen molar-refractivity contribution in [2.75, 3.05) is 13.1 Å². The average Bonchev–Trinajstić information content (AvgIpc) is 3.22. The number of benzene rings is 1. The molecular formula is C28H27FN6O3. The van der Waals surface area contributed by atoms with Crippen molar-refractivity contribution in [2.45, 2.75) is 32.4 Å². The molecule has 1 saturated heterocycles. The van der Waals surface area contributed by atoms with Gasteiger partial charge in [0.25, 0.3) is 11.8 Å². The fraction of sp³-hybridized carbons (Fsp3) is 0.321. The Morgan fingerprint density at radius 3 is 2.45 bits per heavy atom. The van der Waals surface area contributed by atoms with E-state index in [1.165, 1.54) is 12.1 Å². The van der Waals surface area contributed by atoms with Crippen LogP contribution in [0.1, 0.15) is 35.7 Å². The highest BCUT2D eigenvalue weighted by molar-refractivity contribution is 5.93. The molecule has 9 nitrogen and oxygen atoms in total. The molecule has 1 aliphatic heterocycles. The number of piperidine rings is 1. The summed E-state index contributed by atoms with van der Waals surface area (Å²) in [5.41, 5.74) is 8.58. The van der Waals surface area contributed by atoms with Gasteiger partial charge in [0.15, 0.2) is 0 Å². The molecule has 10 heteroatoms. The van der Waals surface area contributed by atoms with Crippen molar-refractivity contribution in [1.82, 2.24) is 24.8 Å². The zero-order chi connectivity index (χ0) is 26.6. The molecule has 0 bridgehead atoms. The molecule has 38 heavy (non-hydrogen) atoms. The summed E-state index contributed by atoms with van der Waals surface area (Å²) in [6, 6.07) is 11.6. The SMILES string of the molecule is Cc1nc(-c2ncccn2)oc1C(=O)N1C[C@@H]2[C@H](C1)[C@@H]2Oc1cc(C(C)(C)N)cc(-c2ccc(F)cc2)n1. The van der Waals surface area contributed by atoms with Crippen LogP contribution in [0.25, 0.3) is 23.0 Å². The molecule has 4 heterocycles. The number of nitrogens with two attached hydrogens (primary N) is 1. The Hall–Kier alpha value is -4.18. The van der Waals surface area contributed by atoms with Gasteiger partial charge in [0, 0.05) is 54.5 Å². The Balaban J connectivity index is 1.16. The highest BCUT2D eigenvalue weighted by Gasteiger charge is 2.59. The summed E-state index contributed by atoms with van der Waals surface area (Å²) in [5, 5.41) is 0. The maximum atomic E-state index is 13.5. The first-order valence-corrected chi connectivity index (χ1v) is 12.5. The van der Waals surface area contributed by atoms with Gasteiger partial charge in [0.2, 0.25) is 17.5 Å². The van der Waals surface area contributed by atoms with Gasteiger partial charge in [-0.2, -0.15) is 0 Å². The number of aromatic nitrogens is 4. The molecule has 2 aliphatic rings. The molecule has 3 atom stereocenters. The summed E-state index contributed by atoms with van der Waals surface area (Å²) < 4.78 is 25.5. The van der Waals surface area contributed by atoms with Gasteiger partial charge in [-0.15, -0.1) is 0 Å². The van der Waals surface area contributed by atoms with E-state index in [4.69, 9.17) is 14.9 Å². The highest BCUT2D eigenvalue weighted by atomic mass is 19.1. The van der Waals surface area contributed by atoms with Crippen LogP contribution in [-0.2, 0) is 5.54 Å². The second-order valence-corrected chi connectivity index (χ2v) is 10.4. The fourth-order valence-corrected chi connectivity index (χ4v) is 4.90. The first-order valence-electron chi connectivity index (χ1n) is 12.5. The minimum atomic E-state index is -0.614. The molecule has 0 spiro atoms. The normalized spacial score (nSPS) is 20.3. The molecule has 4 aromatic rings. The number of nitrogens with zero attached hydrogens (tertiary/aromatic N) is 5. The molecule has 0 radical (unpaired) electrons. The van der Waals surface area contributed by atoms with E-state index in [2.05, 4.69) is 19.9 Å². The molecule has 1 aromatic carbocycles. The zero-order valence-corrected chi connectivity index (χ0v) is 21.3. The topological polar surface area (TPSA) is 120 Å². The fourth-order valence-electron chi connectivity index (χ4n) is 4.90. The van der Waals surface area contributed by atoms with Crippen LogP contribution in [0.3, 0.4) is 0 Å². The van der Waals surface area contributed by atoms with E-state index in [0.29, 0.717) is 36.2 Å². The maximum Gasteiger partial charge on any atom is 0.291 e. The summed E-state index contributed by atoms with van der Waals surface area (Å²) in [4.78, 5) is 32.3. The number of ether oxygens (including phenoxy) is 1. The minimum absolute atomic E-state index is 0.0483. The third-order valence-corrected chi connectivity index (χ3v) is 7.09. The predicted octanol–water partition coefficient (Wildman–Crippen LogP) is 3.98. The van der Waals surface area contributed by atoms with Crippen molar-refractivity contribution in [3.63, 3.8) is 0 Å². The van der Waals surface area contributed by atoms with Crippen LogP contribution in [0, 0.1) is 24.6 Å². The number of carbonyl (C=O) groups excluding carboxylic acids is 1. The number of aryl methyl sites for hydroxylation is 1. The lowest BCUT2D eigenvalue weighted by Gasteiger charge is -2.22. The Morgan fingerprint density at radius 2 is 1.79 bits per heavy atom. The van der Waals surface area contributed by atoms with E-state index in [1.807, 2.05) is 26.0 Å². The van der Waals surface area contributed by atoms with Crippen LogP contribution in [0.5, 0.6) is 5.88 Å². The number of rotatable bonds is 6. The second kappa shape index (κ2) is 8.98. The Labute approximate surface area is 218 Å². The van der Waals surface area contributed by atoms with Gasteiger partial charge in [0.05, 0.1) is 11.4 Å². The van der Waals surface area contributed by atoms with Crippen molar-refractivity contribution in [2.24, 2.45) is 17.6 Å². The smallest absolute Gasteiger partial charge is 0.291 e. The van der Waals surface area contributed by atoms with Gasteiger partial charge in [-0.3, -0.25) is 4.79 Å². The van der Waals surface area contributed by atoms with Gasteiger partial charge in [-0.1, -0.05) is 0 Å². The number of hydrogen-bond acceptors (Lipinski definition) is 8. The van der Waals surface area contributed by atoms with Gasteiger partial charge >= 0.3 is 0 Å². The highest BCUT2D eigenvalue weighted by Crippen LogP contribution is 2.48. The van der Waals surface area contributed by atoms with E-state index in [-0.39, 0.29) is 41.3 Å². The Kier molecular flexibility index (Phi) is 5.71. The lowest BCUT2D eigenvalue weighted by molar-refractivity contribution is 0.0719. The summed E-state index contributed by atoms with van der Waals surface area (Å²) >= 11 is 0. The lowest BCUT2D eigenvalue weighted by atomic mass is 9.95. The number of oxazole rings is 1. The zero-order valence-electron chi connectivity index (χ0n) is 21.3. The summed E-state index contributed by atoms with van der Waals surface area (Å²) in [6.45, 7) is 6.67. The largest absolute Gasteiger partial charge is 0.474 e. The minimum Gasteiger partial charge on any atom is -0.474 e. The molecule has 6 rings (SSSR count). The van der Waals surface area contributed by atoms with Crippen LogP contribution < -0.4 is 10.5 Å². The van der Waals surface area contributed by atoms with Crippen LogP contribution in [0.15, 0.2) is 59.3 Å². The first kappa shape index (κ1) is 24.2. The van der Waals surface area contributed by atoms with Crippen LogP contribution in [0.4, 0.5) is 4.39 Å². The van der Waals surface area contributed by atoms with E-state index in [1.54, 1.807) is 42.4 Å². The third-order valence-electron chi connectivity index (χ3n) is 7.09. The number of likely N-dealkylation sites (tertiary alicyclic amines) is 1. The number of halogens is 1. The van der Waals surface area contributed by atoms with Gasteiger partial charge in [0.1, 0.15) is 11.9 Å². The van der Waals surface area contributed by atoms with Gasteiger partial charge < -0.3 is 19.8 Å². The summed E-state index contributed by atoms with van der Waals surface area (Å²) in [5.74, 6) is 1.12. The van der Waals surface area contributed by atoms with Crippen molar-refractivity contribution >= 4 is 5.91 Å². The lowest BCUT2D eigenvalue weighted by Crippen LogP contribution is -2.33. The second-order valence-electron chi connectivity index (χ2n) is 10.4. The van der Waals surface area contributed by atoms with Gasteiger partial charge in [-0.05, 0) is 62.7 Å². The first-order chi connectivity index (χ1) is 18.2. The molecule has 1 amide bonds. The maximum absolute atomic E-state index is 13.5. The predicted molar refractivity (Wildman–Crippen MR) is 136 cm³/mol. The standard InChI is InChI=1S/C28H27FN6O3/c1-15-23(38-26(33-15)25-31-9-4-10-32-25)27(36)35-13-19-20(14-35)24(19)37-22-12-17(28(2,3)30)11-21(34-22)16-5-7-18(29)8-6-16/h4-12,19-20,24H,13-14,30H2,1-3H3/t19-,20+,24-. The monoisotopic (exact) mass is 514 g/mol. The van der Waals surface area contributed by atoms with E-state index in [0.717, 1.165) is 11.1 Å². The van der Waals surface area contributed by atoms with Crippen molar-refractivity contribution in [3.8, 4) is 28.9 Å². The molecule has 3 aromatic heterocycles. The molecule has 194 valence electrons. The quantitative estimate of drug-likeness (QED) is 0.410. The van der Waals surface area contributed by atoms with E-state index < -0.39 is 5.54 Å². The molecule has 2 N–H and O–H groups in total. The Bertz CT molecular complexity index is 1490. The van der Waals surface area contributed by atoms with Crippen LogP contribution in [0.2, 0.25) is 0 Å². The number of hydrogen-bond donors (Lipinski definition) is 1. The molecule has 0 unspecified atom stereocenters. The number of fused-ring (bicyclic) bond motifs is 1. The number of amides is 1. The van der Waals surface area contributed by atoms with Crippen molar-refractivity contribution < 1.29 is 18.3 Å². The summed E-state index contributed by atoms with van der Waals surface area (Å²) in [6.07, 6.45) is 3.14. The molecule has 1 aliphatic carbocycles. The van der Waals surface area contributed by atoms with Crippen molar-refractivity contribution in [3.05, 3.63) is 77.7 Å². The van der Waals surface area contributed by atoms with E-state index >= 15 is 0 Å². The third kappa shape index (κ3) is 4.51. The number of pyridine rings is 1. The van der Waals surface area contributed by atoms with Crippen molar-refractivity contribution in [1.29, 1.82) is 0 Å². The van der Waals surface area contributed by atoms with E-state index in [9.17, 15) is 9.18 Å². The molecular weight excluding hydrogens is 487 g/mol. The Morgan fingerprint density at radius 1 is 1.11 bits per heavy atom. The summed E-state index contributed by atoms with van der Waals surface area (Å²) in [7, 11) is 0. The van der Waals surface area contributed by atoms with Crippen LogP contribution >= 0.6 is 0 Å². The molecule has 1 saturated carbocycles. The molecule has 2 fully saturated rings. The van der Waals surface area contributed by atoms with Crippen LogP contribution in [-0.4, -0.2) is 49.9 Å². The average molecular weight is 515 g/mol. The number of carbonyl (C=O) groups is 1.